The van der Waals surface area contributed by atoms with Crippen LogP contribution in [0.15, 0.2) is 18.5 Å². The summed E-state index contributed by atoms with van der Waals surface area (Å²) in [5, 5.41) is 0.249. The fraction of sp³-hybridized carbons (Fsp3) is 0.562. The Kier molecular flexibility index (Phi) is 3.85. The molecule has 3 rings (SSSR count). The van der Waals surface area contributed by atoms with Crippen molar-refractivity contribution in [2.75, 3.05) is 0 Å². The number of aromatic nitrogens is 2. The van der Waals surface area contributed by atoms with Crippen LogP contribution in [0, 0.1) is 0 Å². The minimum Gasteiger partial charge on any atom is -0.444 e. The van der Waals surface area contributed by atoms with Crippen molar-refractivity contribution in [1.29, 1.82) is 0 Å². The largest absolute Gasteiger partial charge is 0.444 e. The van der Waals surface area contributed by atoms with Crippen LogP contribution < -0.4 is 0 Å². The topological polar surface area (TPSA) is 55.3 Å². The molecule has 0 radical (unpaired) electrons. The van der Waals surface area contributed by atoms with E-state index in [2.05, 4.69) is 16.0 Å². The van der Waals surface area contributed by atoms with Gasteiger partial charge in [-0.1, -0.05) is 6.08 Å². The van der Waals surface area contributed by atoms with E-state index in [1.807, 2.05) is 25.7 Å². The maximum atomic E-state index is 12.4. The predicted octanol–water partition coefficient (Wildman–Crippen LogP) is 3.69. The molecule has 2 unspecified atom stereocenters. The fourth-order valence-corrected chi connectivity index (χ4v) is 3.22. The van der Waals surface area contributed by atoms with Gasteiger partial charge >= 0.3 is 6.09 Å². The summed E-state index contributed by atoms with van der Waals surface area (Å²) in [4.78, 5) is 22.3. The van der Waals surface area contributed by atoms with Gasteiger partial charge in [0, 0.05) is 24.0 Å². The maximum Gasteiger partial charge on any atom is 0.411 e. The van der Waals surface area contributed by atoms with E-state index in [4.69, 9.17) is 16.3 Å². The quantitative estimate of drug-likeness (QED) is 0.740. The molecule has 5 nitrogen and oxygen atoms in total. The standard InChI is InChI=1S/C16H20ClN3O2/c1-16(2,3)22-15(21)20-12-4-5-13(20)7-10(6-12)11-8-18-14(17)19-9-11/h6,8-9,12-13H,4-5,7H2,1-3H3. The van der Waals surface area contributed by atoms with Crippen molar-refractivity contribution in [2.24, 2.45) is 0 Å². The molecule has 2 aliphatic rings. The Hall–Kier alpha value is -1.62. The fourth-order valence-electron chi connectivity index (χ4n) is 3.12. The van der Waals surface area contributed by atoms with E-state index in [0.29, 0.717) is 0 Å². The molecule has 0 spiro atoms. The summed E-state index contributed by atoms with van der Waals surface area (Å²) >= 11 is 5.74. The molecule has 1 aromatic heterocycles. The molecule has 1 aromatic rings. The van der Waals surface area contributed by atoms with Crippen molar-refractivity contribution < 1.29 is 9.53 Å². The van der Waals surface area contributed by atoms with E-state index in [1.165, 1.54) is 5.57 Å². The molecule has 1 saturated heterocycles. The van der Waals surface area contributed by atoms with Gasteiger partial charge in [0.1, 0.15) is 5.60 Å². The summed E-state index contributed by atoms with van der Waals surface area (Å²) in [6.07, 6.45) is 8.18. The first-order valence-corrected chi connectivity index (χ1v) is 7.91. The number of hydrogen-bond acceptors (Lipinski definition) is 4. The molecule has 1 fully saturated rings. The number of carbonyl (C=O) groups excluding carboxylic acids is 1. The minimum absolute atomic E-state index is 0.0966. The SMILES string of the molecule is CC(C)(C)OC(=O)N1C2C=C(c3cnc(Cl)nc3)CC1CC2. The zero-order valence-electron chi connectivity index (χ0n) is 13.0. The van der Waals surface area contributed by atoms with Crippen LogP contribution in [0.5, 0.6) is 0 Å². The van der Waals surface area contributed by atoms with Gasteiger partial charge in [0.05, 0.1) is 6.04 Å². The molecule has 0 aromatic carbocycles. The molecule has 22 heavy (non-hydrogen) atoms. The van der Waals surface area contributed by atoms with Crippen LogP contribution >= 0.6 is 11.6 Å². The van der Waals surface area contributed by atoms with Gasteiger partial charge in [0.25, 0.3) is 0 Å². The third kappa shape index (κ3) is 3.09. The van der Waals surface area contributed by atoms with Gasteiger partial charge in [0.15, 0.2) is 0 Å². The first kappa shape index (κ1) is 15.3. The molecule has 6 heteroatoms. The van der Waals surface area contributed by atoms with Crippen LogP contribution in [0.1, 0.15) is 45.6 Å². The van der Waals surface area contributed by atoms with Crippen molar-refractivity contribution in [3.8, 4) is 0 Å². The highest BCUT2D eigenvalue weighted by Crippen LogP contribution is 2.39. The van der Waals surface area contributed by atoms with Gasteiger partial charge in [-0.2, -0.15) is 0 Å². The number of carbonyl (C=O) groups is 1. The molecule has 0 saturated carbocycles. The smallest absolute Gasteiger partial charge is 0.411 e. The number of amides is 1. The Balaban J connectivity index is 1.80. The van der Waals surface area contributed by atoms with Crippen LogP contribution in [0.25, 0.3) is 5.57 Å². The van der Waals surface area contributed by atoms with Crippen molar-refractivity contribution in [3.05, 3.63) is 29.3 Å². The summed E-state index contributed by atoms with van der Waals surface area (Å²) in [6.45, 7) is 5.68. The van der Waals surface area contributed by atoms with E-state index in [1.54, 1.807) is 12.4 Å². The average Bonchev–Trinajstić information content (AvgIpc) is 2.69. The highest BCUT2D eigenvalue weighted by molar-refractivity contribution is 6.28. The van der Waals surface area contributed by atoms with E-state index in [9.17, 15) is 4.79 Å². The normalized spacial score (nSPS) is 24.2. The Bertz CT molecular complexity index is 607. The molecule has 2 bridgehead atoms. The number of rotatable bonds is 1. The van der Waals surface area contributed by atoms with Crippen LogP contribution in [-0.4, -0.2) is 38.6 Å². The summed E-state index contributed by atoms with van der Waals surface area (Å²) in [7, 11) is 0. The van der Waals surface area contributed by atoms with Crippen LogP contribution in [0.3, 0.4) is 0 Å². The average molecular weight is 322 g/mol. The molecule has 2 atom stereocenters. The second-order valence-electron chi connectivity index (χ2n) is 6.82. The monoisotopic (exact) mass is 321 g/mol. The van der Waals surface area contributed by atoms with Crippen LogP contribution in [0.2, 0.25) is 5.28 Å². The molecule has 118 valence electrons. The summed E-state index contributed by atoms with van der Waals surface area (Å²) in [6, 6.07) is 0.287. The summed E-state index contributed by atoms with van der Waals surface area (Å²) in [5.41, 5.74) is 1.69. The molecule has 2 aliphatic heterocycles. The Morgan fingerprint density at radius 3 is 2.59 bits per heavy atom. The van der Waals surface area contributed by atoms with Gasteiger partial charge in [-0.05, 0) is 57.2 Å². The lowest BCUT2D eigenvalue weighted by Gasteiger charge is -2.35. The molecule has 3 heterocycles. The van der Waals surface area contributed by atoms with Gasteiger partial charge in [-0.15, -0.1) is 0 Å². The van der Waals surface area contributed by atoms with E-state index in [0.717, 1.165) is 24.8 Å². The lowest BCUT2D eigenvalue weighted by molar-refractivity contribution is 0.0175. The third-order valence-corrected chi connectivity index (χ3v) is 4.19. The number of halogens is 1. The third-order valence-electron chi connectivity index (χ3n) is 3.99. The molecule has 0 aliphatic carbocycles. The van der Waals surface area contributed by atoms with Gasteiger partial charge in [-0.3, -0.25) is 4.90 Å². The molecular formula is C16H20ClN3O2. The maximum absolute atomic E-state index is 12.4. The predicted molar refractivity (Wildman–Crippen MR) is 84.5 cm³/mol. The highest BCUT2D eigenvalue weighted by atomic mass is 35.5. The molecular weight excluding hydrogens is 302 g/mol. The highest BCUT2D eigenvalue weighted by Gasteiger charge is 2.41. The second-order valence-corrected chi connectivity index (χ2v) is 7.16. The second kappa shape index (κ2) is 5.54. The van der Waals surface area contributed by atoms with Gasteiger partial charge < -0.3 is 4.74 Å². The Morgan fingerprint density at radius 2 is 2.00 bits per heavy atom. The lowest BCUT2D eigenvalue weighted by atomic mass is 9.97. The van der Waals surface area contributed by atoms with Crippen molar-refractivity contribution in [1.82, 2.24) is 14.9 Å². The number of hydrogen-bond donors (Lipinski definition) is 0. The number of ether oxygens (including phenoxy) is 1. The van der Waals surface area contributed by atoms with E-state index < -0.39 is 5.60 Å². The number of fused-ring (bicyclic) bond motifs is 2. The first-order valence-electron chi connectivity index (χ1n) is 7.53. The molecule has 1 amide bonds. The van der Waals surface area contributed by atoms with E-state index in [-0.39, 0.29) is 23.5 Å². The van der Waals surface area contributed by atoms with Crippen molar-refractivity contribution >= 4 is 23.3 Å². The summed E-state index contributed by atoms with van der Waals surface area (Å²) in [5.74, 6) is 0. The number of nitrogens with zero attached hydrogens (tertiary/aromatic N) is 3. The van der Waals surface area contributed by atoms with Crippen LogP contribution in [0.4, 0.5) is 4.79 Å². The zero-order chi connectivity index (χ0) is 15.9. The van der Waals surface area contributed by atoms with Crippen molar-refractivity contribution in [2.45, 2.75) is 57.7 Å². The molecule has 0 N–H and O–H groups in total. The Morgan fingerprint density at radius 1 is 1.32 bits per heavy atom. The minimum atomic E-state index is -0.468. The Labute approximate surface area is 135 Å². The lowest BCUT2D eigenvalue weighted by Crippen LogP contribution is -2.45. The van der Waals surface area contributed by atoms with Crippen molar-refractivity contribution in [3.63, 3.8) is 0 Å². The van der Waals surface area contributed by atoms with Crippen LogP contribution in [-0.2, 0) is 4.74 Å². The van der Waals surface area contributed by atoms with Gasteiger partial charge in [0.2, 0.25) is 5.28 Å². The first-order chi connectivity index (χ1) is 10.3. The summed E-state index contributed by atoms with van der Waals surface area (Å²) < 4.78 is 5.53. The zero-order valence-corrected chi connectivity index (χ0v) is 13.8. The van der Waals surface area contributed by atoms with Gasteiger partial charge in [-0.25, -0.2) is 14.8 Å². The van der Waals surface area contributed by atoms with E-state index >= 15 is 0 Å².